The highest BCUT2D eigenvalue weighted by Gasteiger charge is 2.07. The van der Waals surface area contributed by atoms with Crippen LogP contribution in [-0.2, 0) is 6.54 Å². The first-order chi connectivity index (χ1) is 7.74. The van der Waals surface area contributed by atoms with Gasteiger partial charge in [0.25, 0.3) is 0 Å². The van der Waals surface area contributed by atoms with E-state index in [4.69, 9.17) is 5.11 Å². The lowest BCUT2D eigenvalue weighted by Gasteiger charge is -2.03. The second kappa shape index (κ2) is 5.66. The van der Waals surface area contributed by atoms with Crippen LogP contribution in [0.25, 0.3) is 11.0 Å². The highest BCUT2D eigenvalue weighted by molar-refractivity contribution is 5.82. The van der Waals surface area contributed by atoms with E-state index in [9.17, 15) is 0 Å². The van der Waals surface area contributed by atoms with Crippen LogP contribution in [0.1, 0.15) is 25.0 Å². The summed E-state index contributed by atoms with van der Waals surface area (Å²) in [7, 11) is 0. The fourth-order valence-electron chi connectivity index (χ4n) is 1.85. The summed E-state index contributed by atoms with van der Waals surface area (Å²) in [5, 5.41) is 8.94. The summed E-state index contributed by atoms with van der Waals surface area (Å²) >= 11 is 0. The lowest BCUT2D eigenvalue weighted by Crippen LogP contribution is -2.01. The Morgan fingerprint density at radius 3 is 2.56 bits per heavy atom. The zero-order valence-electron chi connectivity index (χ0n) is 10.5. The smallest absolute Gasteiger partial charge is 0.0912 e. The summed E-state index contributed by atoms with van der Waals surface area (Å²) in [6.45, 7) is 8.91. The number of aliphatic hydroxyl groups excluding tert-OH is 1. The standard InChI is InChI=1S/C11H14N2O.C2H6/c1-8-3-4-12-10-9(2)7-13(5-6-14)11(8)10;1-2/h3-4,7,14H,5-6H2,1-2H3;1-2H3. The Bertz CT molecular complexity index is 460. The van der Waals surface area contributed by atoms with Crippen molar-refractivity contribution >= 4 is 11.0 Å². The van der Waals surface area contributed by atoms with Crippen molar-refractivity contribution in [3.8, 4) is 0 Å². The molecule has 3 heteroatoms. The van der Waals surface area contributed by atoms with Gasteiger partial charge in [-0.25, -0.2) is 0 Å². The molecule has 2 aromatic rings. The molecule has 0 spiro atoms. The third kappa shape index (κ3) is 2.25. The molecule has 0 atom stereocenters. The number of rotatable bonds is 2. The van der Waals surface area contributed by atoms with Gasteiger partial charge in [-0.3, -0.25) is 4.98 Å². The molecule has 0 aliphatic carbocycles. The minimum Gasteiger partial charge on any atom is -0.395 e. The molecule has 16 heavy (non-hydrogen) atoms. The Kier molecular flexibility index (Phi) is 4.50. The Morgan fingerprint density at radius 1 is 1.25 bits per heavy atom. The first kappa shape index (κ1) is 12.7. The normalized spacial score (nSPS) is 10.1. The van der Waals surface area contributed by atoms with Crippen molar-refractivity contribution < 1.29 is 5.11 Å². The van der Waals surface area contributed by atoms with Crippen molar-refractivity contribution in [3.63, 3.8) is 0 Å². The molecule has 0 saturated carbocycles. The number of pyridine rings is 1. The number of nitrogens with zero attached hydrogens (tertiary/aromatic N) is 2. The molecular weight excluding hydrogens is 200 g/mol. The largest absolute Gasteiger partial charge is 0.395 e. The van der Waals surface area contributed by atoms with Crippen LogP contribution < -0.4 is 0 Å². The van der Waals surface area contributed by atoms with Gasteiger partial charge in [0.2, 0.25) is 0 Å². The van der Waals surface area contributed by atoms with Crippen LogP contribution in [0.3, 0.4) is 0 Å². The Labute approximate surface area is 96.7 Å². The Morgan fingerprint density at radius 2 is 1.94 bits per heavy atom. The van der Waals surface area contributed by atoms with Crippen LogP contribution in [0.15, 0.2) is 18.5 Å². The number of hydrogen-bond acceptors (Lipinski definition) is 2. The quantitative estimate of drug-likeness (QED) is 0.845. The molecule has 0 radical (unpaired) electrons. The van der Waals surface area contributed by atoms with Crippen LogP contribution in [0.4, 0.5) is 0 Å². The molecule has 0 fully saturated rings. The minimum absolute atomic E-state index is 0.164. The lowest BCUT2D eigenvalue weighted by atomic mass is 10.2. The van der Waals surface area contributed by atoms with Crippen LogP contribution in [0, 0.1) is 13.8 Å². The van der Waals surface area contributed by atoms with E-state index in [1.807, 2.05) is 39.2 Å². The van der Waals surface area contributed by atoms with Gasteiger partial charge in [0.05, 0.1) is 17.6 Å². The Hall–Kier alpha value is -1.35. The first-order valence-electron chi connectivity index (χ1n) is 5.76. The van der Waals surface area contributed by atoms with E-state index in [-0.39, 0.29) is 6.61 Å². The molecule has 0 saturated heterocycles. The van der Waals surface area contributed by atoms with Crippen LogP contribution in [0.5, 0.6) is 0 Å². The number of aryl methyl sites for hydroxylation is 2. The van der Waals surface area contributed by atoms with Crippen molar-refractivity contribution in [1.82, 2.24) is 9.55 Å². The average Bonchev–Trinajstić information content (AvgIpc) is 2.61. The molecule has 0 aliphatic rings. The SMILES string of the molecule is CC.Cc1cn(CCO)c2c(C)ccnc12. The molecule has 0 aromatic carbocycles. The van der Waals surface area contributed by atoms with Crippen molar-refractivity contribution in [2.45, 2.75) is 34.2 Å². The topological polar surface area (TPSA) is 38.0 Å². The van der Waals surface area contributed by atoms with Gasteiger partial charge in [-0.15, -0.1) is 0 Å². The maximum atomic E-state index is 8.94. The van der Waals surface area contributed by atoms with Gasteiger partial charge in [0.1, 0.15) is 0 Å². The highest BCUT2D eigenvalue weighted by Crippen LogP contribution is 2.21. The Balaban J connectivity index is 0.000000606. The van der Waals surface area contributed by atoms with Crippen molar-refractivity contribution in [2.75, 3.05) is 6.61 Å². The number of hydrogen-bond donors (Lipinski definition) is 1. The third-order valence-corrected chi connectivity index (χ3v) is 2.48. The summed E-state index contributed by atoms with van der Waals surface area (Å²) in [5.74, 6) is 0. The molecule has 3 nitrogen and oxygen atoms in total. The first-order valence-corrected chi connectivity index (χ1v) is 5.76. The van der Waals surface area contributed by atoms with Crippen molar-refractivity contribution in [1.29, 1.82) is 0 Å². The lowest BCUT2D eigenvalue weighted by molar-refractivity contribution is 0.278. The van der Waals surface area contributed by atoms with E-state index in [2.05, 4.69) is 16.5 Å². The van der Waals surface area contributed by atoms with Gasteiger partial charge in [0, 0.05) is 18.9 Å². The molecule has 0 unspecified atom stereocenters. The predicted molar refractivity (Wildman–Crippen MR) is 67.6 cm³/mol. The summed E-state index contributed by atoms with van der Waals surface area (Å²) in [5.41, 5.74) is 4.55. The van der Waals surface area contributed by atoms with Gasteiger partial charge in [-0.05, 0) is 31.0 Å². The minimum atomic E-state index is 0.164. The maximum Gasteiger partial charge on any atom is 0.0912 e. The number of aliphatic hydroxyl groups is 1. The molecule has 0 bridgehead atoms. The average molecular weight is 220 g/mol. The summed E-state index contributed by atoms with van der Waals surface area (Å²) in [6, 6.07) is 2.00. The second-order valence-electron chi connectivity index (χ2n) is 3.55. The number of aromatic nitrogens is 2. The molecular formula is C13H20N2O. The van der Waals surface area contributed by atoms with Gasteiger partial charge in [-0.2, -0.15) is 0 Å². The van der Waals surface area contributed by atoms with Gasteiger partial charge < -0.3 is 9.67 Å². The van der Waals surface area contributed by atoms with E-state index in [0.29, 0.717) is 6.54 Å². The molecule has 1 N–H and O–H groups in total. The van der Waals surface area contributed by atoms with Gasteiger partial charge >= 0.3 is 0 Å². The fraction of sp³-hybridized carbons (Fsp3) is 0.462. The van der Waals surface area contributed by atoms with E-state index in [1.165, 1.54) is 5.56 Å². The second-order valence-corrected chi connectivity index (χ2v) is 3.55. The van der Waals surface area contributed by atoms with Crippen molar-refractivity contribution in [3.05, 3.63) is 29.6 Å². The van der Waals surface area contributed by atoms with E-state index in [0.717, 1.165) is 16.6 Å². The summed E-state index contributed by atoms with van der Waals surface area (Å²) in [6.07, 6.45) is 3.87. The van der Waals surface area contributed by atoms with Crippen molar-refractivity contribution in [2.24, 2.45) is 0 Å². The van der Waals surface area contributed by atoms with E-state index >= 15 is 0 Å². The molecule has 88 valence electrons. The van der Waals surface area contributed by atoms with Crippen LogP contribution in [-0.4, -0.2) is 21.3 Å². The molecule has 2 heterocycles. The van der Waals surface area contributed by atoms with Crippen LogP contribution >= 0.6 is 0 Å². The van der Waals surface area contributed by atoms with Crippen LogP contribution in [0.2, 0.25) is 0 Å². The van der Waals surface area contributed by atoms with Gasteiger partial charge in [-0.1, -0.05) is 13.8 Å². The fourth-order valence-corrected chi connectivity index (χ4v) is 1.85. The number of fused-ring (bicyclic) bond motifs is 1. The summed E-state index contributed by atoms with van der Waals surface area (Å²) < 4.78 is 2.06. The van der Waals surface area contributed by atoms with E-state index in [1.54, 1.807) is 0 Å². The zero-order chi connectivity index (χ0) is 12.1. The molecule has 0 aliphatic heterocycles. The predicted octanol–water partition coefficient (Wildman–Crippen LogP) is 2.67. The zero-order valence-corrected chi connectivity index (χ0v) is 10.5. The molecule has 2 aromatic heterocycles. The monoisotopic (exact) mass is 220 g/mol. The maximum absolute atomic E-state index is 8.94. The molecule has 0 amide bonds. The van der Waals surface area contributed by atoms with E-state index < -0.39 is 0 Å². The highest BCUT2D eigenvalue weighted by atomic mass is 16.3. The van der Waals surface area contributed by atoms with Gasteiger partial charge in [0.15, 0.2) is 0 Å². The third-order valence-electron chi connectivity index (χ3n) is 2.48. The molecule has 2 rings (SSSR count). The summed E-state index contributed by atoms with van der Waals surface area (Å²) in [4.78, 5) is 4.34.